The average Bonchev–Trinajstić information content (AvgIpc) is 2.33. The molecule has 0 saturated carbocycles. The average molecular weight is 312 g/mol. The van der Waals surface area contributed by atoms with Crippen LogP contribution in [0, 0.1) is 6.92 Å². The minimum absolute atomic E-state index is 0. The standard InChI is InChI=1S/C12H16F3N3O.ClH/c1-8-9(11(19)18(3)7-6-16-2)4-5-10(17-8)12(13,14)15;/h4-5,16H,6-7H2,1-3H3;1H. The molecular formula is C12H17ClF3N3O. The van der Waals surface area contributed by atoms with Crippen LogP contribution in [-0.2, 0) is 6.18 Å². The van der Waals surface area contributed by atoms with Gasteiger partial charge in [0.25, 0.3) is 5.91 Å². The molecule has 0 aliphatic rings. The van der Waals surface area contributed by atoms with Crippen molar-refractivity contribution in [2.24, 2.45) is 0 Å². The molecule has 1 N–H and O–H groups in total. The van der Waals surface area contributed by atoms with E-state index in [1.165, 1.54) is 17.9 Å². The number of halogens is 4. The second kappa shape index (κ2) is 7.44. The summed E-state index contributed by atoms with van der Waals surface area (Å²) < 4.78 is 37.4. The quantitative estimate of drug-likeness (QED) is 0.926. The first-order chi connectivity index (χ1) is 8.77. The Morgan fingerprint density at radius 1 is 1.40 bits per heavy atom. The number of nitrogens with zero attached hydrogens (tertiary/aromatic N) is 2. The summed E-state index contributed by atoms with van der Waals surface area (Å²) in [4.78, 5) is 16.9. The lowest BCUT2D eigenvalue weighted by Crippen LogP contribution is -2.33. The number of rotatable bonds is 4. The van der Waals surface area contributed by atoms with Gasteiger partial charge in [-0.3, -0.25) is 4.79 Å². The zero-order valence-electron chi connectivity index (χ0n) is 11.4. The van der Waals surface area contributed by atoms with Crippen LogP contribution in [0.4, 0.5) is 13.2 Å². The van der Waals surface area contributed by atoms with Gasteiger partial charge in [0, 0.05) is 20.1 Å². The van der Waals surface area contributed by atoms with Gasteiger partial charge in [-0.2, -0.15) is 13.2 Å². The molecule has 0 aromatic carbocycles. The van der Waals surface area contributed by atoms with E-state index in [1.54, 1.807) is 14.1 Å². The van der Waals surface area contributed by atoms with E-state index in [4.69, 9.17) is 0 Å². The summed E-state index contributed by atoms with van der Waals surface area (Å²) in [6.07, 6.45) is -4.50. The fourth-order valence-electron chi connectivity index (χ4n) is 1.53. The highest BCUT2D eigenvalue weighted by Gasteiger charge is 2.33. The molecule has 0 aliphatic heterocycles. The first kappa shape index (κ1) is 18.7. The number of aromatic nitrogens is 1. The Morgan fingerprint density at radius 2 is 2.00 bits per heavy atom. The molecule has 1 aromatic rings. The van der Waals surface area contributed by atoms with E-state index in [9.17, 15) is 18.0 Å². The van der Waals surface area contributed by atoms with Crippen LogP contribution in [0.1, 0.15) is 21.7 Å². The molecule has 0 saturated heterocycles. The van der Waals surface area contributed by atoms with Gasteiger partial charge in [0.05, 0.1) is 11.3 Å². The fourth-order valence-corrected chi connectivity index (χ4v) is 1.53. The highest BCUT2D eigenvalue weighted by molar-refractivity contribution is 5.95. The summed E-state index contributed by atoms with van der Waals surface area (Å²) in [6.45, 7) is 2.47. The minimum Gasteiger partial charge on any atom is -0.340 e. The van der Waals surface area contributed by atoms with Crippen LogP contribution in [0.3, 0.4) is 0 Å². The van der Waals surface area contributed by atoms with Gasteiger partial charge in [0.15, 0.2) is 0 Å². The number of hydrogen-bond donors (Lipinski definition) is 1. The van der Waals surface area contributed by atoms with Crippen molar-refractivity contribution < 1.29 is 18.0 Å². The van der Waals surface area contributed by atoms with Crippen molar-refractivity contribution >= 4 is 18.3 Å². The summed E-state index contributed by atoms with van der Waals surface area (Å²) in [5.74, 6) is -0.339. The van der Waals surface area contributed by atoms with Gasteiger partial charge in [0.2, 0.25) is 0 Å². The molecule has 0 atom stereocenters. The van der Waals surface area contributed by atoms with Crippen molar-refractivity contribution in [1.29, 1.82) is 0 Å². The van der Waals surface area contributed by atoms with Gasteiger partial charge in [-0.25, -0.2) is 4.98 Å². The highest BCUT2D eigenvalue weighted by Crippen LogP contribution is 2.28. The van der Waals surface area contributed by atoms with E-state index >= 15 is 0 Å². The monoisotopic (exact) mass is 311 g/mol. The Kier molecular flexibility index (Phi) is 6.95. The molecule has 1 rings (SSSR count). The molecular weight excluding hydrogens is 295 g/mol. The number of likely N-dealkylation sites (N-methyl/N-ethyl adjacent to an activating group) is 2. The number of hydrogen-bond acceptors (Lipinski definition) is 3. The Labute approximate surface area is 121 Å². The molecule has 1 amide bonds. The van der Waals surface area contributed by atoms with Crippen molar-refractivity contribution in [3.8, 4) is 0 Å². The predicted octanol–water partition coefficient (Wildman–Crippen LogP) is 2.12. The molecule has 0 spiro atoms. The summed E-state index contributed by atoms with van der Waals surface area (Å²) in [7, 11) is 3.35. The number of carbonyl (C=O) groups is 1. The second-order valence-electron chi connectivity index (χ2n) is 4.16. The Morgan fingerprint density at radius 3 is 2.45 bits per heavy atom. The maximum absolute atomic E-state index is 12.5. The maximum atomic E-state index is 12.5. The van der Waals surface area contributed by atoms with Crippen LogP contribution >= 0.6 is 12.4 Å². The van der Waals surface area contributed by atoms with Gasteiger partial charge >= 0.3 is 6.18 Å². The van der Waals surface area contributed by atoms with Crippen LogP contribution in [0.25, 0.3) is 0 Å². The molecule has 0 radical (unpaired) electrons. The Hall–Kier alpha value is -1.34. The van der Waals surface area contributed by atoms with E-state index in [2.05, 4.69) is 10.3 Å². The van der Waals surface area contributed by atoms with E-state index in [1.807, 2.05) is 0 Å². The largest absolute Gasteiger partial charge is 0.433 e. The van der Waals surface area contributed by atoms with Crippen molar-refractivity contribution in [3.05, 3.63) is 29.1 Å². The molecule has 0 aliphatic carbocycles. The van der Waals surface area contributed by atoms with Gasteiger partial charge < -0.3 is 10.2 Å². The zero-order chi connectivity index (χ0) is 14.6. The molecule has 0 unspecified atom stereocenters. The SMILES string of the molecule is CNCCN(C)C(=O)c1ccc(C(F)(F)F)nc1C.Cl. The van der Waals surface area contributed by atoms with Crippen molar-refractivity contribution in [1.82, 2.24) is 15.2 Å². The summed E-state index contributed by atoms with van der Waals surface area (Å²) >= 11 is 0. The van der Waals surface area contributed by atoms with Crippen LogP contribution < -0.4 is 5.32 Å². The first-order valence-corrected chi connectivity index (χ1v) is 5.72. The number of amides is 1. The Balaban J connectivity index is 0.00000361. The lowest BCUT2D eigenvalue weighted by atomic mass is 10.1. The third-order valence-electron chi connectivity index (χ3n) is 2.65. The number of nitrogens with one attached hydrogen (secondary N) is 1. The predicted molar refractivity (Wildman–Crippen MR) is 72.1 cm³/mol. The topological polar surface area (TPSA) is 45.2 Å². The summed E-state index contributed by atoms with van der Waals surface area (Å²) in [6, 6.07) is 2.00. The number of pyridine rings is 1. The lowest BCUT2D eigenvalue weighted by molar-refractivity contribution is -0.141. The lowest BCUT2D eigenvalue weighted by Gasteiger charge is -2.18. The van der Waals surface area contributed by atoms with Gasteiger partial charge in [-0.15, -0.1) is 12.4 Å². The minimum atomic E-state index is -4.50. The van der Waals surface area contributed by atoms with Crippen molar-refractivity contribution in [3.63, 3.8) is 0 Å². The van der Waals surface area contributed by atoms with Crippen molar-refractivity contribution in [2.45, 2.75) is 13.1 Å². The second-order valence-corrected chi connectivity index (χ2v) is 4.16. The van der Waals surface area contributed by atoms with Crippen LogP contribution in [-0.4, -0.2) is 43.0 Å². The molecule has 4 nitrogen and oxygen atoms in total. The fraction of sp³-hybridized carbons (Fsp3) is 0.500. The normalized spacial score (nSPS) is 10.9. The highest BCUT2D eigenvalue weighted by atomic mass is 35.5. The maximum Gasteiger partial charge on any atom is 0.433 e. The number of alkyl halides is 3. The summed E-state index contributed by atoms with van der Waals surface area (Å²) in [5, 5.41) is 2.89. The van der Waals surface area contributed by atoms with Crippen LogP contribution in [0.2, 0.25) is 0 Å². The van der Waals surface area contributed by atoms with Gasteiger partial charge in [-0.05, 0) is 26.1 Å². The molecule has 0 fully saturated rings. The molecule has 114 valence electrons. The van der Waals surface area contributed by atoms with Crippen LogP contribution in [0.15, 0.2) is 12.1 Å². The van der Waals surface area contributed by atoms with E-state index < -0.39 is 11.9 Å². The summed E-state index contributed by atoms with van der Waals surface area (Å²) in [5.41, 5.74) is -0.720. The molecule has 1 heterocycles. The molecule has 1 aromatic heterocycles. The zero-order valence-corrected chi connectivity index (χ0v) is 12.2. The number of carbonyl (C=O) groups excluding carboxylic acids is 1. The third-order valence-corrected chi connectivity index (χ3v) is 2.65. The van der Waals surface area contributed by atoms with E-state index in [-0.39, 0.29) is 29.6 Å². The van der Waals surface area contributed by atoms with E-state index in [0.29, 0.717) is 13.1 Å². The molecule has 20 heavy (non-hydrogen) atoms. The van der Waals surface area contributed by atoms with E-state index in [0.717, 1.165) is 6.07 Å². The molecule has 8 heteroatoms. The Bertz CT molecular complexity index is 466. The third kappa shape index (κ3) is 4.64. The number of aryl methyl sites for hydroxylation is 1. The van der Waals surface area contributed by atoms with Crippen molar-refractivity contribution in [2.75, 3.05) is 27.2 Å². The smallest absolute Gasteiger partial charge is 0.340 e. The van der Waals surface area contributed by atoms with Gasteiger partial charge in [0.1, 0.15) is 5.69 Å². The first-order valence-electron chi connectivity index (χ1n) is 5.72. The van der Waals surface area contributed by atoms with Crippen LogP contribution in [0.5, 0.6) is 0 Å². The van der Waals surface area contributed by atoms with Gasteiger partial charge in [-0.1, -0.05) is 0 Å². The molecule has 0 bridgehead atoms.